The van der Waals surface area contributed by atoms with E-state index >= 15 is 0 Å². The summed E-state index contributed by atoms with van der Waals surface area (Å²) in [4.78, 5) is 24.3. The molecule has 1 fully saturated rings. The van der Waals surface area contributed by atoms with Crippen LogP contribution in [0.15, 0.2) is 30.3 Å². The largest absolute Gasteiger partial charge is 0.432 e. The first-order valence-electron chi connectivity index (χ1n) is 8.33. The molecule has 0 bridgehead atoms. The SMILES string of the molecule is CC(C)C[N+]1(Cc2ccccc2)CCCC[C@H](OC(N)=O)C1=O. The van der Waals surface area contributed by atoms with Crippen molar-refractivity contribution in [3.63, 3.8) is 0 Å². The monoisotopic (exact) mass is 319 g/mol. The van der Waals surface area contributed by atoms with Crippen molar-refractivity contribution in [1.82, 2.24) is 0 Å². The van der Waals surface area contributed by atoms with Crippen LogP contribution >= 0.6 is 0 Å². The van der Waals surface area contributed by atoms with Gasteiger partial charge in [-0.25, -0.2) is 9.59 Å². The number of quaternary nitrogens is 1. The highest BCUT2D eigenvalue weighted by Crippen LogP contribution is 2.27. The summed E-state index contributed by atoms with van der Waals surface area (Å²) < 4.78 is 5.46. The van der Waals surface area contributed by atoms with E-state index in [0.717, 1.165) is 31.5 Å². The quantitative estimate of drug-likeness (QED) is 0.848. The lowest BCUT2D eigenvalue weighted by Crippen LogP contribution is -2.58. The Morgan fingerprint density at radius 2 is 2.00 bits per heavy atom. The average molecular weight is 319 g/mol. The molecule has 0 aliphatic carbocycles. The number of ether oxygens (including phenoxy) is 1. The van der Waals surface area contributed by atoms with Crippen molar-refractivity contribution in [3.8, 4) is 0 Å². The topological polar surface area (TPSA) is 69.4 Å². The minimum absolute atomic E-state index is 0.0150. The van der Waals surface area contributed by atoms with Crippen molar-refractivity contribution in [2.24, 2.45) is 11.7 Å². The van der Waals surface area contributed by atoms with Gasteiger partial charge in [-0.15, -0.1) is 0 Å². The van der Waals surface area contributed by atoms with Crippen molar-refractivity contribution in [2.75, 3.05) is 13.1 Å². The van der Waals surface area contributed by atoms with Crippen molar-refractivity contribution in [3.05, 3.63) is 35.9 Å². The van der Waals surface area contributed by atoms with Gasteiger partial charge in [-0.2, -0.15) is 0 Å². The number of rotatable bonds is 5. The maximum Gasteiger partial charge on any atom is 0.405 e. The molecule has 2 amide bonds. The Morgan fingerprint density at radius 3 is 2.61 bits per heavy atom. The molecule has 1 heterocycles. The number of amides is 2. The van der Waals surface area contributed by atoms with Gasteiger partial charge < -0.3 is 10.5 Å². The number of nitrogens with two attached hydrogens (primary N) is 1. The summed E-state index contributed by atoms with van der Waals surface area (Å²) in [5.74, 6) is 0.355. The number of carbonyl (C=O) groups excluding carboxylic acids is 2. The summed E-state index contributed by atoms with van der Waals surface area (Å²) in [6.45, 7) is 6.40. The lowest BCUT2D eigenvalue weighted by molar-refractivity contribution is -0.871. The molecule has 0 saturated carbocycles. The fourth-order valence-corrected chi connectivity index (χ4v) is 3.57. The van der Waals surface area contributed by atoms with E-state index in [1.54, 1.807) is 0 Å². The Labute approximate surface area is 138 Å². The zero-order valence-electron chi connectivity index (χ0n) is 14.0. The van der Waals surface area contributed by atoms with Gasteiger partial charge in [0.1, 0.15) is 6.54 Å². The summed E-state index contributed by atoms with van der Waals surface area (Å²) in [5, 5.41) is 0. The zero-order valence-corrected chi connectivity index (χ0v) is 14.0. The lowest BCUT2D eigenvalue weighted by atomic mass is 10.1. The first-order chi connectivity index (χ1) is 10.9. The van der Waals surface area contributed by atoms with Gasteiger partial charge in [0.05, 0.1) is 13.1 Å². The van der Waals surface area contributed by atoms with Gasteiger partial charge in [0, 0.05) is 11.5 Å². The molecule has 5 nitrogen and oxygen atoms in total. The van der Waals surface area contributed by atoms with E-state index in [0.29, 0.717) is 23.4 Å². The minimum Gasteiger partial charge on any atom is -0.432 e. The highest BCUT2D eigenvalue weighted by Gasteiger charge is 2.45. The summed E-state index contributed by atoms with van der Waals surface area (Å²) >= 11 is 0. The number of primary amides is 1. The molecular formula is C18H27N2O3+. The zero-order chi connectivity index (χ0) is 16.9. The van der Waals surface area contributed by atoms with E-state index in [-0.39, 0.29) is 5.91 Å². The molecule has 1 aliphatic rings. The molecule has 2 atom stereocenters. The fourth-order valence-electron chi connectivity index (χ4n) is 3.57. The van der Waals surface area contributed by atoms with Gasteiger partial charge in [-0.3, -0.25) is 4.48 Å². The number of carbonyl (C=O) groups is 2. The summed E-state index contributed by atoms with van der Waals surface area (Å²) in [6.07, 6.45) is 0.792. The molecule has 126 valence electrons. The van der Waals surface area contributed by atoms with E-state index < -0.39 is 12.2 Å². The van der Waals surface area contributed by atoms with Crippen molar-refractivity contribution < 1.29 is 18.8 Å². The predicted molar refractivity (Wildman–Crippen MR) is 88.3 cm³/mol. The molecule has 1 saturated heterocycles. The smallest absolute Gasteiger partial charge is 0.405 e. The van der Waals surface area contributed by atoms with Gasteiger partial charge in [0.25, 0.3) is 0 Å². The molecule has 0 spiro atoms. The van der Waals surface area contributed by atoms with Crippen LogP contribution in [0.3, 0.4) is 0 Å². The first kappa shape index (κ1) is 17.5. The van der Waals surface area contributed by atoms with Gasteiger partial charge in [0.2, 0.25) is 6.10 Å². The minimum atomic E-state index is -0.868. The molecule has 5 heteroatoms. The standard InChI is InChI=1S/C18H26N2O3/c1-14(2)12-20(13-15-8-4-3-5-9-15)11-7-6-10-16(17(20)21)23-18(19)22/h3-5,8-9,14,16H,6-7,10-13H2,1-2H3,(H-,19,22)/p+1/t16-,20?/m0/s1. The number of hydrogen-bond donors (Lipinski definition) is 1. The number of nitrogens with zero attached hydrogens (tertiary/aromatic N) is 1. The Hall–Kier alpha value is -1.88. The summed E-state index contributed by atoms with van der Waals surface area (Å²) in [7, 11) is 0. The molecule has 0 radical (unpaired) electrons. The number of benzene rings is 1. The fraction of sp³-hybridized carbons (Fsp3) is 0.556. The van der Waals surface area contributed by atoms with Crippen LogP contribution in [-0.2, 0) is 16.1 Å². The van der Waals surface area contributed by atoms with Crippen LogP contribution in [-0.4, -0.2) is 35.7 Å². The second-order valence-corrected chi connectivity index (χ2v) is 6.85. The average Bonchev–Trinajstić information content (AvgIpc) is 2.61. The molecule has 2 N–H and O–H groups in total. The molecular weight excluding hydrogens is 292 g/mol. The van der Waals surface area contributed by atoms with Crippen LogP contribution in [0.4, 0.5) is 4.79 Å². The van der Waals surface area contributed by atoms with Crippen LogP contribution in [0.2, 0.25) is 0 Å². The van der Waals surface area contributed by atoms with Crippen molar-refractivity contribution in [2.45, 2.75) is 45.8 Å². The van der Waals surface area contributed by atoms with Crippen LogP contribution < -0.4 is 5.73 Å². The lowest BCUT2D eigenvalue weighted by Gasteiger charge is -2.37. The Bertz CT molecular complexity index is 544. The molecule has 0 aromatic heterocycles. The molecule has 1 aromatic carbocycles. The number of likely N-dealkylation sites (tertiary alicyclic amines) is 1. The highest BCUT2D eigenvalue weighted by molar-refractivity contribution is 5.78. The Kier molecular flexibility index (Phi) is 5.77. The second kappa shape index (κ2) is 7.59. The van der Waals surface area contributed by atoms with E-state index in [2.05, 4.69) is 13.8 Å². The van der Waals surface area contributed by atoms with E-state index in [4.69, 9.17) is 10.5 Å². The third-order valence-corrected chi connectivity index (χ3v) is 4.35. The normalized spacial score (nSPS) is 25.2. The molecule has 1 aliphatic heterocycles. The van der Waals surface area contributed by atoms with Crippen LogP contribution in [0, 0.1) is 5.92 Å². The van der Waals surface area contributed by atoms with Crippen LogP contribution in [0.25, 0.3) is 0 Å². The molecule has 2 rings (SSSR count). The Morgan fingerprint density at radius 1 is 1.30 bits per heavy atom. The summed E-state index contributed by atoms with van der Waals surface area (Å²) in [6, 6.07) is 10.0. The summed E-state index contributed by atoms with van der Waals surface area (Å²) in [5.41, 5.74) is 6.28. The maximum absolute atomic E-state index is 13.2. The van der Waals surface area contributed by atoms with E-state index in [1.807, 2.05) is 30.3 Å². The molecule has 1 unspecified atom stereocenters. The second-order valence-electron chi connectivity index (χ2n) is 6.85. The predicted octanol–water partition coefficient (Wildman–Crippen LogP) is 2.83. The number of hydrogen-bond acceptors (Lipinski definition) is 3. The van der Waals surface area contributed by atoms with Gasteiger partial charge in [0.15, 0.2) is 0 Å². The van der Waals surface area contributed by atoms with Gasteiger partial charge >= 0.3 is 12.0 Å². The van der Waals surface area contributed by atoms with E-state index in [1.165, 1.54) is 0 Å². The van der Waals surface area contributed by atoms with Gasteiger partial charge in [-0.1, -0.05) is 44.2 Å². The Balaban J connectivity index is 2.33. The van der Waals surface area contributed by atoms with Crippen molar-refractivity contribution >= 4 is 12.0 Å². The van der Waals surface area contributed by atoms with Crippen LogP contribution in [0.5, 0.6) is 0 Å². The van der Waals surface area contributed by atoms with E-state index in [9.17, 15) is 9.59 Å². The van der Waals surface area contributed by atoms with Crippen LogP contribution in [0.1, 0.15) is 38.7 Å². The first-order valence-corrected chi connectivity index (χ1v) is 8.33. The molecule has 1 aromatic rings. The maximum atomic E-state index is 13.2. The molecule has 23 heavy (non-hydrogen) atoms. The van der Waals surface area contributed by atoms with Gasteiger partial charge in [-0.05, 0) is 19.3 Å². The third-order valence-electron chi connectivity index (χ3n) is 4.35. The van der Waals surface area contributed by atoms with Crippen molar-refractivity contribution in [1.29, 1.82) is 0 Å². The third kappa shape index (κ3) is 4.55. The highest BCUT2D eigenvalue weighted by atomic mass is 16.6.